The van der Waals surface area contributed by atoms with Gasteiger partial charge in [-0.2, -0.15) is 0 Å². The molecule has 0 unspecified atom stereocenters. The number of hydrogen-bond donors (Lipinski definition) is 1. The Labute approximate surface area is 92.2 Å². The maximum absolute atomic E-state index is 11.7. The predicted molar refractivity (Wildman–Crippen MR) is 61.7 cm³/mol. The second kappa shape index (κ2) is 8.44. The molecule has 0 aromatic rings. The van der Waals surface area contributed by atoms with Crippen molar-refractivity contribution >= 4 is 5.91 Å². The third kappa shape index (κ3) is 5.54. The van der Waals surface area contributed by atoms with Gasteiger partial charge >= 0.3 is 0 Å². The Morgan fingerprint density at radius 1 is 1.40 bits per heavy atom. The molecule has 15 heavy (non-hydrogen) atoms. The molecule has 0 aliphatic carbocycles. The number of aliphatic hydroxyl groups is 1. The number of likely N-dealkylation sites (N-methyl/N-ethyl adjacent to an activating group) is 1. The Kier molecular flexibility index (Phi) is 7.95. The molecule has 0 aromatic carbocycles. The fourth-order valence-corrected chi connectivity index (χ4v) is 1.43. The minimum Gasteiger partial charge on any atom is -0.395 e. The Morgan fingerprint density at radius 3 is 2.40 bits per heavy atom. The highest BCUT2D eigenvalue weighted by molar-refractivity contribution is 5.78. The number of carbonyl (C=O) groups excluding carboxylic acids is 1. The van der Waals surface area contributed by atoms with Crippen molar-refractivity contribution in [2.75, 3.05) is 39.3 Å². The maximum Gasteiger partial charge on any atom is 0.236 e. The van der Waals surface area contributed by atoms with Crippen LogP contribution in [0, 0.1) is 0 Å². The molecule has 0 spiro atoms. The molecule has 4 heteroatoms. The van der Waals surface area contributed by atoms with E-state index >= 15 is 0 Å². The Balaban J connectivity index is 4.13. The second-order valence-electron chi connectivity index (χ2n) is 3.31. The summed E-state index contributed by atoms with van der Waals surface area (Å²) in [6.07, 6.45) is 1.74. The van der Waals surface area contributed by atoms with E-state index in [1.807, 2.05) is 18.7 Å². The fourth-order valence-electron chi connectivity index (χ4n) is 1.43. The zero-order chi connectivity index (χ0) is 11.7. The van der Waals surface area contributed by atoms with Crippen LogP contribution in [0.3, 0.4) is 0 Å². The first kappa shape index (κ1) is 14.1. The molecule has 0 saturated heterocycles. The second-order valence-corrected chi connectivity index (χ2v) is 3.31. The molecule has 88 valence electrons. The molecule has 0 rings (SSSR count). The van der Waals surface area contributed by atoms with Gasteiger partial charge in [-0.1, -0.05) is 6.08 Å². The van der Waals surface area contributed by atoms with Crippen molar-refractivity contribution in [3.63, 3.8) is 0 Å². The van der Waals surface area contributed by atoms with Gasteiger partial charge < -0.3 is 10.0 Å². The minimum absolute atomic E-state index is 0.0688. The van der Waals surface area contributed by atoms with E-state index in [4.69, 9.17) is 5.11 Å². The van der Waals surface area contributed by atoms with Gasteiger partial charge in [-0.3, -0.25) is 9.69 Å². The van der Waals surface area contributed by atoms with Gasteiger partial charge in [-0.05, 0) is 13.8 Å². The van der Waals surface area contributed by atoms with Crippen molar-refractivity contribution in [1.82, 2.24) is 9.80 Å². The maximum atomic E-state index is 11.7. The average molecular weight is 214 g/mol. The molecule has 0 atom stereocenters. The molecule has 0 aliphatic rings. The zero-order valence-electron chi connectivity index (χ0n) is 9.78. The molecule has 0 saturated carbocycles. The Bertz CT molecular complexity index is 191. The molecular weight excluding hydrogens is 192 g/mol. The first-order chi connectivity index (χ1) is 7.19. The lowest BCUT2D eigenvalue weighted by Crippen LogP contribution is -2.41. The summed E-state index contributed by atoms with van der Waals surface area (Å²) in [6.45, 7) is 10.6. The molecule has 0 bridgehead atoms. The topological polar surface area (TPSA) is 43.8 Å². The first-order valence-corrected chi connectivity index (χ1v) is 5.41. The molecule has 1 N–H and O–H groups in total. The minimum atomic E-state index is 0.0688. The average Bonchev–Trinajstić information content (AvgIpc) is 2.20. The van der Waals surface area contributed by atoms with Gasteiger partial charge in [0, 0.05) is 26.2 Å². The van der Waals surface area contributed by atoms with Crippen molar-refractivity contribution in [2.45, 2.75) is 13.8 Å². The highest BCUT2D eigenvalue weighted by atomic mass is 16.3. The van der Waals surface area contributed by atoms with Crippen molar-refractivity contribution < 1.29 is 9.90 Å². The van der Waals surface area contributed by atoms with Crippen LogP contribution in [0.15, 0.2) is 12.7 Å². The van der Waals surface area contributed by atoms with Crippen LogP contribution in [-0.2, 0) is 4.79 Å². The van der Waals surface area contributed by atoms with Gasteiger partial charge in [0.15, 0.2) is 0 Å². The van der Waals surface area contributed by atoms with Gasteiger partial charge in [0.25, 0.3) is 0 Å². The zero-order valence-corrected chi connectivity index (χ0v) is 9.78. The molecule has 4 nitrogen and oxygen atoms in total. The van der Waals surface area contributed by atoms with Crippen LogP contribution in [0.4, 0.5) is 0 Å². The lowest BCUT2D eigenvalue weighted by Gasteiger charge is -2.24. The predicted octanol–water partition coefficient (Wildman–Crippen LogP) is 0.335. The number of aliphatic hydroxyl groups excluding tert-OH is 1. The van der Waals surface area contributed by atoms with Crippen LogP contribution >= 0.6 is 0 Å². The monoisotopic (exact) mass is 214 g/mol. The van der Waals surface area contributed by atoms with E-state index in [-0.39, 0.29) is 12.5 Å². The summed E-state index contributed by atoms with van der Waals surface area (Å²) >= 11 is 0. The third-order valence-corrected chi connectivity index (χ3v) is 2.28. The molecular formula is C11H22N2O2. The normalized spacial score (nSPS) is 10.4. The first-order valence-electron chi connectivity index (χ1n) is 5.41. The largest absolute Gasteiger partial charge is 0.395 e. The van der Waals surface area contributed by atoms with Crippen LogP contribution in [-0.4, -0.2) is 60.1 Å². The molecule has 0 radical (unpaired) electrons. The van der Waals surface area contributed by atoms with Crippen molar-refractivity contribution in [1.29, 1.82) is 0 Å². The van der Waals surface area contributed by atoms with Crippen LogP contribution in [0.2, 0.25) is 0 Å². The fraction of sp³-hybridized carbons (Fsp3) is 0.727. The van der Waals surface area contributed by atoms with Gasteiger partial charge in [0.2, 0.25) is 5.91 Å². The summed E-state index contributed by atoms with van der Waals surface area (Å²) < 4.78 is 0. The third-order valence-electron chi connectivity index (χ3n) is 2.28. The molecule has 1 amide bonds. The van der Waals surface area contributed by atoms with Crippen molar-refractivity contribution in [3.8, 4) is 0 Å². The number of hydrogen-bond acceptors (Lipinski definition) is 3. The standard InChI is InChI=1S/C11H22N2O2/c1-4-7-12(8-9-14)10-11(15)13(5-2)6-3/h4,14H,1,5-10H2,2-3H3. The smallest absolute Gasteiger partial charge is 0.236 e. The molecule has 0 aliphatic heterocycles. The summed E-state index contributed by atoms with van der Waals surface area (Å²) in [4.78, 5) is 15.4. The van der Waals surface area contributed by atoms with E-state index in [0.29, 0.717) is 19.6 Å². The summed E-state index contributed by atoms with van der Waals surface area (Å²) in [6, 6.07) is 0. The van der Waals surface area contributed by atoms with Crippen LogP contribution in [0.5, 0.6) is 0 Å². The van der Waals surface area contributed by atoms with Gasteiger partial charge in [-0.15, -0.1) is 6.58 Å². The lowest BCUT2D eigenvalue weighted by molar-refractivity contribution is -0.132. The van der Waals surface area contributed by atoms with Crippen LogP contribution in [0.1, 0.15) is 13.8 Å². The highest BCUT2D eigenvalue weighted by Crippen LogP contribution is 1.94. The Morgan fingerprint density at radius 2 is 2.00 bits per heavy atom. The van der Waals surface area contributed by atoms with Crippen molar-refractivity contribution in [2.24, 2.45) is 0 Å². The van der Waals surface area contributed by atoms with Crippen LogP contribution < -0.4 is 0 Å². The van der Waals surface area contributed by atoms with Gasteiger partial charge in [-0.25, -0.2) is 0 Å². The lowest BCUT2D eigenvalue weighted by atomic mass is 10.4. The van der Waals surface area contributed by atoms with E-state index in [1.165, 1.54) is 0 Å². The van der Waals surface area contributed by atoms with E-state index < -0.39 is 0 Å². The van der Waals surface area contributed by atoms with Gasteiger partial charge in [0.05, 0.1) is 13.2 Å². The highest BCUT2D eigenvalue weighted by Gasteiger charge is 2.13. The number of amides is 1. The van der Waals surface area contributed by atoms with Crippen LogP contribution in [0.25, 0.3) is 0 Å². The van der Waals surface area contributed by atoms with Crippen molar-refractivity contribution in [3.05, 3.63) is 12.7 Å². The van der Waals surface area contributed by atoms with E-state index in [9.17, 15) is 4.79 Å². The Hall–Kier alpha value is -0.870. The summed E-state index contributed by atoms with van der Waals surface area (Å²) in [5, 5.41) is 8.83. The molecule has 0 heterocycles. The van der Waals surface area contributed by atoms with E-state index in [1.54, 1.807) is 11.0 Å². The summed E-state index contributed by atoms with van der Waals surface area (Å²) in [5.41, 5.74) is 0. The summed E-state index contributed by atoms with van der Waals surface area (Å²) in [5.74, 6) is 0.107. The van der Waals surface area contributed by atoms with E-state index in [0.717, 1.165) is 13.1 Å². The molecule has 0 fully saturated rings. The summed E-state index contributed by atoms with van der Waals surface area (Å²) in [7, 11) is 0. The molecule has 0 aromatic heterocycles. The quantitative estimate of drug-likeness (QED) is 0.592. The number of carbonyl (C=O) groups is 1. The number of rotatable bonds is 8. The SMILES string of the molecule is C=CCN(CCO)CC(=O)N(CC)CC. The van der Waals surface area contributed by atoms with E-state index in [2.05, 4.69) is 6.58 Å². The van der Waals surface area contributed by atoms with Gasteiger partial charge in [0.1, 0.15) is 0 Å². The number of nitrogens with zero attached hydrogens (tertiary/aromatic N) is 2.